The summed E-state index contributed by atoms with van der Waals surface area (Å²) < 4.78 is 0. The first kappa shape index (κ1) is 20.5. The zero-order chi connectivity index (χ0) is 18.9. The van der Waals surface area contributed by atoms with Crippen molar-refractivity contribution in [2.45, 2.75) is 83.5 Å². The molecule has 3 rings (SSSR count). The Hall–Kier alpha value is -1.19. The Morgan fingerprint density at radius 3 is 2.33 bits per heavy atom. The average Bonchev–Trinajstić information content (AvgIpc) is 2.72. The van der Waals surface area contributed by atoms with Crippen molar-refractivity contribution >= 4 is 11.6 Å². The molecular weight excluding hydrogens is 348 g/mol. The number of hydrogen-bond donors (Lipinski definition) is 0. The van der Waals surface area contributed by atoms with E-state index in [-0.39, 0.29) is 0 Å². The summed E-state index contributed by atoms with van der Waals surface area (Å²) in [6.45, 7) is 2.30. The number of unbranched alkanes of at least 4 members (excludes halogenated alkanes) is 1. The minimum Gasteiger partial charge on any atom is -0.0951 e. The van der Waals surface area contributed by atoms with Gasteiger partial charge in [-0.05, 0) is 92.9 Å². The van der Waals surface area contributed by atoms with Crippen LogP contribution >= 0.6 is 11.6 Å². The lowest BCUT2D eigenvalue weighted by atomic mass is 9.79. The Morgan fingerprint density at radius 1 is 0.963 bits per heavy atom. The summed E-state index contributed by atoms with van der Waals surface area (Å²) in [5.74, 6) is 9.93. The van der Waals surface area contributed by atoms with E-state index < -0.39 is 0 Å². The lowest BCUT2D eigenvalue weighted by Gasteiger charge is -2.26. The van der Waals surface area contributed by atoms with E-state index in [1.165, 1.54) is 76.2 Å². The minimum absolute atomic E-state index is 0.586. The molecular formula is C26H35Cl. The standard InChI is InChI=1S/C26H35Cl/c1-2-3-6-21-9-11-22(12-10-21)7-4-5-8-23-13-15-24(16-14-23)25-17-19-26(27)20-18-25/h4,7,17-24H,2-3,6,9-16H2,1H3. The molecule has 0 amide bonds. The van der Waals surface area contributed by atoms with E-state index in [2.05, 4.69) is 43.0 Å². The fourth-order valence-electron chi connectivity index (χ4n) is 4.82. The molecule has 0 heterocycles. The van der Waals surface area contributed by atoms with Gasteiger partial charge < -0.3 is 0 Å². The van der Waals surface area contributed by atoms with Crippen molar-refractivity contribution in [3.05, 3.63) is 47.0 Å². The van der Waals surface area contributed by atoms with Crippen molar-refractivity contribution < 1.29 is 0 Å². The van der Waals surface area contributed by atoms with Gasteiger partial charge in [-0.3, -0.25) is 0 Å². The van der Waals surface area contributed by atoms with Crippen LogP contribution in [0.15, 0.2) is 36.4 Å². The van der Waals surface area contributed by atoms with Gasteiger partial charge in [0.2, 0.25) is 0 Å². The van der Waals surface area contributed by atoms with Gasteiger partial charge in [0.25, 0.3) is 0 Å². The summed E-state index contributed by atoms with van der Waals surface area (Å²) >= 11 is 6.00. The Labute approximate surface area is 171 Å². The second-order valence-corrected chi connectivity index (χ2v) is 9.11. The van der Waals surface area contributed by atoms with Gasteiger partial charge in [-0.1, -0.05) is 67.8 Å². The maximum absolute atomic E-state index is 6.00. The molecule has 1 heteroatoms. The number of benzene rings is 1. The summed E-state index contributed by atoms with van der Waals surface area (Å²) in [7, 11) is 0. The van der Waals surface area contributed by atoms with Gasteiger partial charge in [0.15, 0.2) is 0 Å². The molecule has 0 N–H and O–H groups in total. The SMILES string of the molecule is CCCCC1CCC(C=CC#CC2CCC(c3ccc(Cl)cc3)CC2)CC1. The van der Waals surface area contributed by atoms with Gasteiger partial charge in [0, 0.05) is 10.9 Å². The maximum Gasteiger partial charge on any atom is 0.0406 e. The Bertz CT molecular complexity index is 629. The van der Waals surface area contributed by atoms with Gasteiger partial charge in [-0.25, -0.2) is 0 Å². The van der Waals surface area contributed by atoms with E-state index in [0.29, 0.717) is 11.8 Å². The summed E-state index contributed by atoms with van der Waals surface area (Å²) in [5, 5.41) is 0.833. The van der Waals surface area contributed by atoms with E-state index in [9.17, 15) is 0 Å². The summed E-state index contributed by atoms with van der Waals surface area (Å²) in [5.41, 5.74) is 1.44. The highest BCUT2D eigenvalue weighted by Gasteiger charge is 2.21. The number of rotatable bonds is 5. The molecule has 1 aromatic rings. The third kappa shape index (κ3) is 6.73. The number of hydrogen-bond acceptors (Lipinski definition) is 0. The number of allylic oxidation sites excluding steroid dienone is 2. The predicted octanol–water partition coefficient (Wildman–Crippen LogP) is 8.17. The molecule has 1 aromatic carbocycles. The minimum atomic E-state index is 0.586. The summed E-state index contributed by atoms with van der Waals surface area (Å²) in [6, 6.07) is 8.42. The molecule has 146 valence electrons. The van der Waals surface area contributed by atoms with Crippen molar-refractivity contribution in [1.82, 2.24) is 0 Å². The van der Waals surface area contributed by atoms with E-state index in [0.717, 1.165) is 16.9 Å². The highest BCUT2D eigenvalue weighted by Crippen LogP contribution is 2.36. The fourth-order valence-corrected chi connectivity index (χ4v) is 4.94. The lowest BCUT2D eigenvalue weighted by molar-refractivity contribution is 0.291. The molecule has 0 bridgehead atoms. The second kappa shape index (κ2) is 11.0. The van der Waals surface area contributed by atoms with E-state index >= 15 is 0 Å². The van der Waals surface area contributed by atoms with Crippen LogP contribution in [0.1, 0.15) is 89.0 Å². The van der Waals surface area contributed by atoms with Crippen molar-refractivity contribution in [3.8, 4) is 11.8 Å². The summed E-state index contributed by atoms with van der Waals surface area (Å²) in [6.07, 6.45) is 19.3. The Kier molecular flexibility index (Phi) is 8.34. The smallest absolute Gasteiger partial charge is 0.0406 e. The van der Waals surface area contributed by atoms with Crippen LogP contribution in [0.25, 0.3) is 0 Å². The molecule has 0 saturated heterocycles. The van der Waals surface area contributed by atoms with Crippen LogP contribution in [0, 0.1) is 29.6 Å². The van der Waals surface area contributed by atoms with Gasteiger partial charge in [0.05, 0.1) is 0 Å². The van der Waals surface area contributed by atoms with Gasteiger partial charge >= 0.3 is 0 Å². The highest BCUT2D eigenvalue weighted by atomic mass is 35.5. The second-order valence-electron chi connectivity index (χ2n) is 8.67. The topological polar surface area (TPSA) is 0 Å². The molecule has 0 spiro atoms. The van der Waals surface area contributed by atoms with E-state index in [4.69, 9.17) is 11.6 Å². The first-order valence-electron chi connectivity index (χ1n) is 11.2. The third-order valence-corrected chi connectivity index (χ3v) is 6.92. The predicted molar refractivity (Wildman–Crippen MR) is 118 cm³/mol. The van der Waals surface area contributed by atoms with Crippen LogP contribution < -0.4 is 0 Å². The van der Waals surface area contributed by atoms with Crippen LogP contribution in [0.5, 0.6) is 0 Å². The Morgan fingerprint density at radius 2 is 1.67 bits per heavy atom. The maximum atomic E-state index is 6.00. The van der Waals surface area contributed by atoms with Gasteiger partial charge in [-0.15, -0.1) is 0 Å². The third-order valence-electron chi connectivity index (χ3n) is 6.67. The number of halogens is 1. The molecule has 0 aliphatic heterocycles. The van der Waals surface area contributed by atoms with Crippen molar-refractivity contribution in [2.24, 2.45) is 17.8 Å². The van der Waals surface area contributed by atoms with E-state index in [1.807, 2.05) is 12.1 Å². The lowest BCUT2D eigenvalue weighted by Crippen LogP contribution is -2.13. The van der Waals surface area contributed by atoms with Crippen molar-refractivity contribution in [1.29, 1.82) is 0 Å². The molecule has 0 aromatic heterocycles. The molecule has 2 fully saturated rings. The van der Waals surface area contributed by atoms with E-state index in [1.54, 1.807) is 0 Å². The van der Waals surface area contributed by atoms with Gasteiger partial charge in [0.1, 0.15) is 0 Å². The first-order chi connectivity index (χ1) is 13.2. The zero-order valence-corrected chi connectivity index (χ0v) is 17.7. The Balaban J connectivity index is 1.37. The van der Waals surface area contributed by atoms with Crippen LogP contribution in [0.3, 0.4) is 0 Å². The molecule has 0 radical (unpaired) electrons. The van der Waals surface area contributed by atoms with Crippen LogP contribution in [0.4, 0.5) is 0 Å². The molecule has 2 aliphatic carbocycles. The quantitative estimate of drug-likeness (QED) is 0.450. The molecule has 2 aliphatic rings. The van der Waals surface area contributed by atoms with Crippen LogP contribution in [-0.4, -0.2) is 0 Å². The molecule has 0 atom stereocenters. The first-order valence-corrected chi connectivity index (χ1v) is 11.6. The monoisotopic (exact) mass is 382 g/mol. The highest BCUT2D eigenvalue weighted by molar-refractivity contribution is 6.30. The normalized spacial score (nSPS) is 28.7. The largest absolute Gasteiger partial charge is 0.0951 e. The van der Waals surface area contributed by atoms with Crippen molar-refractivity contribution in [2.75, 3.05) is 0 Å². The average molecular weight is 383 g/mol. The molecule has 0 unspecified atom stereocenters. The van der Waals surface area contributed by atoms with Crippen LogP contribution in [-0.2, 0) is 0 Å². The fraction of sp³-hybridized carbons (Fsp3) is 0.615. The van der Waals surface area contributed by atoms with Gasteiger partial charge in [-0.2, -0.15) is 0 Å². The van der Waals surface area contributed by atoms with Crippen molar-refractivity contribution in [3.63, 3.8) is 0 Å². The molecule has 0 nitrogen and oxygen atoms in total. The molecule has 2 saturated carbocycles. The summed E-state index contributed by atoms with van der Waals surface area (Å²) in [4.78, 5) is 0. The zero-order valence-electron chi connectivity index (χ0n) is 16.9. The van der Waals surface area contributed by atoms with Crippen LogP contribution in [0.2, 0.25) is 5.02 Å². The molecule has 27 heavy (non-hydrogen) atoms.